The molecule has 2 aromatic rings. The average Bonchev–Trinajstić information content (AvgIpc) is 3.24. The molecule has 6 nitrogen and oxygen atoms in total. The molecular weight excluding hydrogens is 373 g/mol. The largest absolute Gasteiger partial charge is 0.488 e. The predicted molar refractivity (Wildman–Crippen MR) is 97.5 cm³/mol. The van der Waals surface area contributed by atoms with Gasteiger partial charge in [-0.05, 0) is 25.0 Å². The van der Waals surface area contributed by atoms with E-state index in [1.165, 1.54) is 12.1 Å². The van der Waals surface area contributed by atoms with E-state index in [1.807, 2.05) is 11.9 Å². The van der Waals surface area contributed by atoms with E-state index >= 15 is 0 Å². The van der Waals surface area contributed by atoms with Crippen molar-refractivity contribution in [2.24, 2.45) is 7.05 Å². The lowest BCUT2D eigenvalue weighted by Crippen LogP contribution is -2.50. The monoisotopic (exact) mass is 393 g/mol. The number of carbonyl (C=O) groups is 1. The van der Waals surface area contributed by atoms with Crippen LogP contribution in [0.15, 0.2) is 30.6 Å². The molecule has 1 aromatic carbocycles. The number of benzene rings is 1. The first-order valence-electron chi connectivity index (χ1n) is 8.98. The number of ether oxygens (including phenoxy) is 2. The van der Waals surface area contributed by atoms with Crippen LogP contribution in [0.4, 0.5) is 4.39 Å². The molecular formula is C19H21ClFN3O3. The minimum Gasteiger partial charge on any atom is -0.488 e. The summed E-state index contributed by atoms with van der Waals surface area (Å²) in [4.78, 5) is 18.7. The molecule has 0 bridgehead atoms. The zero-order valence-electron chi connectivity index (χ0n) is 15.0. The fourth-order valence-corrected chi connectivity index (χ4v) is 4.06. The van der Waals surface area contributed by atoms with Crippen LogP contribution in [-0.4, -0.2) is 51.8 Å². The standard InChI is InChI=1S/C19H21ClFN3O3/c1-23-8-6-22-17(23)18(25)24-7-2-5-19(12-24)10-14(11-26-19)27-13-3-4-16(21)15(20)9-13/h3-4,6,8-9,14H,2,5,7,10-12H2,1H3/t14-,19-/m1/s1. The van der Waals surface area contributed by atoms with Gasteiger partial charge in [0.15, 0.2) is 5.82 Å². The fourth-order valence-electron chi connectivity index (χ4n) is 3.89. The Labute approximate surface area is 161 Å². The van der Waals surface area contributed by atoms with Gasteiger partial charge >= 0.3 is 0 Å². The smallest absolute Gasteiger partial charge is 0.289 e. The van der Waals surface area contributed by atoms with Crippen molar-refractivity contribution in [3.8, 4) is 5.75 Å². The Morgan fingerprint density at radius 1 is 1.48 bits per heavy atom. The van der Waals surface area contributed by atoms with Crippen LogP contribution in [0.25, 0.3) is 0 Å². The van der Waals surface area contributed by atoms with E-state index in [1.54, 1.807) is 23.0 Å². The second-order valence-electron chi connectivity index (χ2n) is 7.21. The molecule has 8 heteroatoms. The number of piperidine rings is 1. The minimum absolute atomic E-state index is 0.0330. The number of imidazole rings is 1. The molecule has 1 aromatic heterocycles. The fraction of sp³-hybridized carbons (Fsp3) is 0.474. The third kappa shape index (κ3) is 3.66. The van der Waals surface area contributed by atoms with Crippen molar-refractivity contribution < 1.29 is 18.7 Å². The SMILES string of the molecule is Cn1ccnc1C(=O)N1CCC[C@@]2(C[C@@H](Oc3ccc(F)c(Cl)c3)CO2)C1. The van der Waals surface area contributed by atoms with Crippen LogP contribution < -0.4 is 4.74 Å². The van der Waals surface area contributed by atoms with Crippen LogP contribution in [-0.2, 0) is 11.8 Å². The van der Waals surface area contributed by atoms with Crippen molar-refractivity contribution in [1.29, 1.82) is 0 Å². The lowest BCUT2D eigenvalue weighted by atomic mass is 9.89. The van der Waals surface area contributed by atoms with Gasteiger partial charge in [-0.3, -0.25) is 4.79 Å². The summed E-state index contributed by atoms with van der Waals surface area (Å²) < 4.78 is 27.1. The summed E-state index contributed by atoms with van der Waals surface area (Å²) in [5.41, 5.74) is -0.409. The molecule has 4 rings (SSSR count). The molecule has 3 heterocycles. The summed E-state index contributed by atoms with van der Waals surface area (Å²) in [6.45, 7) is 1.64. The maximum Gasteiger partial charge on any atom is 0.289 e. The Balaban J connectivity index is 1.42. The highest BCUT2D eigenvalue weighted by Gasteiger charge is 2.45. The third-order valence-electron chi connectivity index (χ3n) is 5.21. The number of rotatable bonds is 3. The van der Waals surface area contributed by atoms with Gasteiger partial charge in [-0.25, -0.2) is 9.37 Å². The van der Waals surface area contributed by atoms with E-state index in [0.717, 1.165) is 12.8 Å². The first-order valence-corrected chi connectivity index (χ1v) is 9.36. The van der Waals surface area contributed by atoms with E-state index in [2.05, 4.69) is 4.98 Å². The zero-order valence-corrected chi connectivity index (χ0v) is 15.8. The Kier molecular flexibility index (Phi) is 4.82. The van der Waals surface area contributed by atoms with Gasteiger partial charge in [-0.1, -0.05) is 11.6 Å². The number of likely N-dealkylation sites (tertiary alicyclic amines) is 1. The van der Waals surface area contributed by atoms with Gasteiger partial charge in [0.25, 0.3) is 5.91 Å². The Morgan fingerprint density at radius 3 is 3.07 bits per heavy atom. The minimum atomic E-state index is -0.473. The van der Waals surface area contributed by atoms with Gasteiger partial charge in [-0.15, -0.1) is 0 Å². The van der Waals surface area contributed by atoms with E-state index in [9.17, 15) is 9.18 Å². The van der Waals surface area contributed by atoms with Gasteiger partial charge in [0, 0.05) is 38.5 Å². The average molecular weight is 394 g/mol. The third-order valence-corrected chi connectivity index (χ3v) is 5.50. The van der Waals surface area contributed by atoms with Crippen molar-refractivity contribution in [1.82, 2.24) is 14.5 Å². The van der Waals surface area contributed by atoms with Gasteiger partial charge in [0.1, 0.15) is 17.7 Å². The van der Waals surface area contributed by atoms with E-state index in [4.69, 9.17) is 21.1 Å². The number of amides is 1. The van der Waals surface area contributed by atoms with Crippen molar-refractivity contribution in [3.63, 3.8) is 0 Å². The number of hydrogen-bond donors (Lipinski definition) is 0. The Morgan fingerprint density at radius 2 is 2.33 bits per heavy atom. The summed E-state index contributed by atoms with van der Waals surface area (Å²) in [6, 6.07) is 4.32. The van der Waals surface area contributed by atoms with Crippen molar-refractivity contribution in [3.05, 3.63) is 47.3 Å². The predicted octanol–water partition coefficient (Wildman–Crippen LogP) is 3.06. The molecule has 0 aliphatic carbocycles. The van der Waals surface area contributed by atoms with E-state index in [0.29, 0.717) is 37.7 Å². The van der Waals surface area contributed by atoms with Crippen molar-refractivity contribution in [2.75, 3.05) is 19.7 Å². The molecule has 0 radical (unpaired) electrons. The maximum absolute atomic E-state index is 13.3. The second kappa shape index (κ2) is 7.13. The highest BCUT2D eigenvalue weighted by molar-refractivity contribution is 6.30. The maximum atomic E-state index is 13.3. The van der Waals surface area contributed by atoms with Gasteiger partial charge in [0.2, 0.25) is 0 Å². The molecule has 2 fully saturated rings. The quantitative estimate of drug-likeness (QED) is 0.804. The molecule has 1 amide bonds. The van der Waals surface area contributed by atoms with Crippen LogP contribution in [0.3, 0.4) is 0 Å². The molecule has 0 saturated carbocycles. The van der Waals surface area contributed by atoms with Crippen molar-refractivity contribution >= 4 is 17.5 Å². The van der Waals surface area contributed by atoms with Gasteiger partial charge in [0.05, 0.1) is 23.8 Å². The van der Waals surface area contributed by atoms with Crippen LogP contribution in [0, 0.1) is 5.82 Å². The molecule has 2 atom stereocenters. The first-order chi connectivity index (χ1) is 13.0. The van der Waals surface area contributed by atoms with Crippen LogP contribution in [0.2, 0.25) is 5.02 Å². The number of nitrogens with zero attached hydrogens (tertiary/aromatic N) is 3. The van der Waals surface area contributed by atoms with E-state index < -0.39 is 11.4 Å². The van der Waals surface area contributed by atoms with Gasteiger partial charge in [-0.2, -0.15) is 0 Å². The molecule has 144 valence electrons. The molecule has 2 aliphatic heterocycles. The van der Waals surface area contributed by atoms with Crippen LogP contribution in [0.1, 0.15) is 29.9 Å². The zero-order chi connectivity index (χ0) is 19.0. The molecule has 0 N–H and O–H groups in total. The summed E-state index contributed by atoms with van der Waals surface area (Å²) in [5, 5.41) is 0.0330. The van der Waals surface area contributed by atoms with Crippen LogP contribution >= 0.6 is 11.6 Å². The van der Waals surface area contributed by atoms with Crippen molar-refractivity contribution in [2.45, 2.75) is 31.0 Å². The number of aryl methyl sites for hydroxylation is 1. The van der Waals surface area contributed by atoms with Crippen LogP contribution in [0.5, 0.6) is 5.75 Å². The summed E-state index contributed by atoms with van der Waals surface area (Å²) in [7, 11) is 1.81. The number of hydrogen-bond acceptors (Lipinski definition) is 4. The molecule has 27 heavy (non-hydrogen) atoms. The number of carbonyl (C=O) groups excluding carboxylic acids is 1. The first kappa shape index (κ1) is 18.3. The van der Waals surface area contributed by atoms with Gasteiger partial charge < -0.3 is 18.9 Å². The Bertz CT molecular complexity index is 858. The Hall–Kier alpha value is -2.12. The van der Waals surface area contributed by atoms with E-state index in [-0.39, 0.29) is 17.0 Å². The number of aromatic nitrogens is 2. The summed E-state index contributed by atoms with van der Waals surface area (Å²) in [6.07, 6.45) is 5.64. The highest BCUT2D eigenvalue weighted by Crippen LogP contribution is 2.37. The molecule has 0 unspecified atom stereocenters. The number of halogens is 2. The normalized spacial score (nSPS) is 25.1. The summed E-state index contributed by atoms with van der Waals surface area (Å²) >= 11 is 5.82. The summed E-state index contributed by atoms with van der Waals surface area (Å²) in [5.74, 6) is 0.390. The molecule has 1 spiro atoms. The molecule has 2 saturated heterocycles. The topological polar surface area (TPSA) is 56.6 Å². The second-order valence-corrected chi connectivity index (χ2v) is 7.61. The highest BCUT2D eigenvalue weighted by atomic mass is 35.5. The lowest BCUT2D eigenvalue weighted by molar-refractivity contribution is -0.0456. The lowest BCUT2D eigenvalue weighted by Gasteiger charge is -2.39. The molecule has 2 aliphatic rings.